The summed E-state index contributed by atoms with van der Waals surface area (Å²) in [5.41, 5.74) is 1.86. The molecule has 35 heavy (non-hydrogen) atoms. The number of fused-ring (bicyclic) bond motifs is 1. The zero-order valence-corrected chi connectivity index (χ0v) is 22.1. The van der Waals surface area contributed by atoms with E-state index in [0.29, 0.717) is 18.2 Å². The lowest BCUT2D eigenvalue weighted by atomic mass is 10.0. The van der Waals surface area contributed by atoms with Crippen molar-refractivity contribution in [2.75, 3.05) is 26.7 Å². The molecule has 3 atom stereocenters. The van der Waals surface area contributed by atoms with E-state index in [4.69, 9.17) is 4.74 Å². The van der Waals surface area contributed by atoms with E-state index in [1.54, 1.807) is 37.5 Å². The molecule has 0 fully saturated rings. The Labute approximate surface area is 210 Å². The average molecular weight is 500 g/mol. The second kappa shape index (κ2) is 12.0. The summed E-state index contributed by atoms with van der Waals surface area (Å²) in [4.78, 5) is 6.35. The van der Waals surface area contributed by atoms with Crippen LogP contribution in [0.25, 0.3) is 0 Å². The zero-order chi connectivity index (χ0) is 25.6. The van der Waals surface area contributed by atoms with Crippen molar-refractivity contribution in [2.24, 2.45) is 11.8 Å². The van der Waals surface area contributed by atoms with Crippen molar-refractivity contribution in [2.45, 2.75) is 57.7 Å². The highest BCUT2D eigenvalue weighted by Gasteiger charge is 2.38. The zero-order valence-electron chi connectivity index (χ0n) is 21.3. The van der Waals surface area contributed by atoms with Gasteiger partial charge in [-0.2, -0.15) is 4.31 Å². The third-order valence-electron chi connectivity index (χ3n) is 6.10. The van der Waals surface area contributed by atoms with E-state index in [2.05, 4.69) is 35.6 Å². The summed E-state index contributed by atoms with van der Waals surface area (Å²) in [6.07, 6.45) is 4.05. The molecule has 0 bridgehead atoms. The van der Waals surface area contributed by atoms with Gasteiger partial charge in [0.2, 0.25) is 10.0 Å². The first-order chi connectivity index (χ1) is 16.6. The van der Waals surface area contributed by atoms with Crippen LogP contribution in [0.3, 0.4) is 0 Å². The third kappa shape index (κ3) is 7.05. The first-order valence-corrected chi connectivity index (χ1v) is 13.6. The molecule has 0 spiro atoms. The van der Waals surface area contributed by atoms with Gasteiger partial charge in [-0.05, 0) is 55.8 Å². The number of rotatable bonds is 7. The number of aliphatic hydroxyl groups excluding tert-OH is 1. The van der Waals surface area contributed by atoms with Gasteiger partial charge < -0.3 is 9.84 Å². The van der Waals surface area contributed by atoms with Crippen LogP contribution in [0.5, 0.6) is 5.75 Å². The first kappa shape index (κ1) is 27.2. The van der Waals surface area contributed by atoms with Crippen LogP contribution in [0.4, 0.5) is 0 Å². The van der Waals surface area contributed by atoms with E-state index in [1.165, 1.54) is 4.31 Å². The number of hydrogen-bond donors (Lipinski definition) is 1. The number of hydrogen-bond acceptors (Lipinski definition) is 6. The number of pyridine rings is 1. The smallest absolute Gasteiger partial charge is 0.247 e. The van der Waals surface area contributed by atoms with Gasteiger partial charge in [0.1, 0.15) is 16.7 Å². The number of aliphatic hydroxyl groups is 1. The number of aromatic nitrogens is 1. The summed E-state index contributed by atoms with van der Waals surface area (Å²) >= 11 is 0. The molecule has 1 N–H and O–H groups in total. The summed E-state index contributed by atoms with van der Waals surface area (Å²) < 4.78 is 35.0. The van der Waals surface area contributed by atoms with Crippen molar-refractivity contribution in [3.8, 4) is 17.6 Å². The highest BCUT2D eigenvalue weighted by atomic mass is 32.2. The molecule has 190 valence electrons. The highest BCUT2D eigenvalue weighted by molar-refractivity contribution is 7.89. The van der Waals surface area contributed by atoms with E-state index in [9.17, 15) is 13.5 Å². The number of likely N-dealkylation sites (N-methyl/N-ethyl adjacent to an activating group) is 1. The molecule has 2 heterocycles. The largest absolute Gasteiger partial charge is 0.487 e. The van der Waals surface area contributed by atoms with Crippen LogP contribution < -0.4 is 4.74 Å². The molecule has 3 rings (SSSR count). The predicted molar refractivity (Wildman–Crippen MR) is 137 cm³/mol. The van der Waals surface area contributed by atoms with Crippen LogP contribution in [0.1, 0.15) is 45.2 Å². The molecule has 0 radical (unpaired) electrons. The second-order valence-corrected chi connectivity index (χ2v) is 11.7. The van der Waals surface area contributed by atoms with E-state index >= 15 is 0 Å². The van der Waals surface area contributed by atoms with Gasteiger partial charge in [-0.25, -0.2) is 8.42 Å². The van der Waals surface area contributed by atoms with Crippen LogP contribution in [-0.2, 0) is 16.6 Å². The van der Waals surface area contributed by atoms with Crippen molar-refractivity contribution in [1.29, 1.82) is 0 Å². The summed E-state index contributed by atoms with van der Waals surface area (Å²) in [7, 11) is -1.84. The Hall–Kier alpha value is -2.44. The molecule has 2 aromatic rings. The molecule has 0 amide bonds. The van der Waals surface area contributed by atoms with E-state index < -0.39 is 16.1 Å². The monoisotopic (exact) mass is 499 g/mol. The molecule has 1 aromatic heterocycles. The normalized spacial score (nSPS) is 20.8. The number of sulfonamides is 1. The predicted octanol–water partition coefficient (Wildman–Crippen LogP) is 3.38. The van der Waals surface area contributed by atoms with Crippen molar-refractivity contribution < 1.29 is 18.3 Å². The van der Waals surface area contributed by atoms with E-state index in [-0.39, 0.29) is 30.1 Å². The Morgan fingerprint density at radius 2 is 1.94 bits per heavy atom. The Morgan fingerprint density at radius 3 is 2.60 bits per heavy atom. The molecule has 0 saturated heterocycles. The fourth-order valence-electron chi connectivity index (χ4n) is 4.05. The van der Waals surface area contributed by atoms with E-state index in [0.717, 1.165) is 24.1 Å². The minimum absolute atomic E-state index is 0.109. The lowest BCUT2D eigenvalue weighted by molar-refractivity contribution is 0.0733. The quantitative estimate of drug-likeness (QED) is 0.588. The maximum Gasteiger partial charge on any atom is 0.247 e. The van der Waals surface area contributed by atoms with Gasteiger partial charge in [0, 0.05) is 56.0 Å². The lowest BCUT2D eigenvalue weighted by Crippen LogP contribution is -2.49. The van der Waals surface area contributed by atoms with Gasteiger partial charge >= 0.3 is 0 Å². The lowest BCUT2D eigenvalue weighted by Gasteiger charge is -2.37. The molecule has 8 heteroatoms. The Bertz CT molecular complexity index is 1140. The van der Waals surface area contributed by atoms with Crippen molar-refractivity contribution >= 4 is 10.0 Å². The van der Waals surface area contributed by atoms with Gasteiger partial charge in [-0.1, -0.05) is 32.6 Å². The molecule has 1 aliphatic rings. The number of nitrogens with zero attached hydrogens (tertiary/aromatic N) is 3. The standard InChI is InChI=1S/C27H37N3O4S/c1-20(2)7-6-8-23-9-10-27-25(15-23)34-26(18-29(5)17-24-11-13-28-14-12-24)21(3)16-30(22(4)19-31)35(27,32)33/h9-15,20-22,26,31H,7,16-19H2,1-5H3/t21-,22+,26+/m0/s1. The number of benzene rings is 1. The van der Waals surface area contributed by atoms with Crippen LogP contribution in [0.2, 0.25) is 0 Å². The molecule has 0 saturated carbocycles. The van der Waals surface area contributed by atoms with Crippen molar-refractivity contribution in [3.05, 3.63) is 53.9 Å². The maximum absolute atomic E-state index is 13.6. The summed E-state index contributed by atoms with van der Waals surface area (Å²) in [5.74, 6) is 6.96. The average Bonchev–Trinajstić information content (AvgIpc) is 2.81. The summed E-state index contributed by atoms with van der Waals surface area (Å²) in [6.45, 7) is 9.26. The maximum atomic E-state index is 13.6. The van der Waals surface area contributed by atoms with E-state index in [1.807, 2.05) is 26.1 Å². The Kier molecular flexibility index (Phi) is 9.31. The van der Waals surface area contributed by atoms with Gasteiger partial charge in [-0.15, -0.1) is 0 Å². The van der Waals surface area contributed by atoms with Crippen molar-refractivity contribution in [3.63, 3.8) is 0 Å². The topological polar surface area (TPSA) is 83.0 Å². The minimum Gasteiger partial charge on any atom is -0.487 e. The summed E-state index contributed by atoms with van der Waals surface area (Å²) in [5, 5.41) is 9.81. The molecular weight excluding hydrogens is 462 g/mol. The molecule has 1 aromatic carbocycles. The minimum atomic E-state index is -3.86. The van der Waals surface area contributed by atoms with Gasteiger partial charge in [0.15, 0.2) is 0 Å². The SMILES string of the molecule is CC(C)CC#Cc1ccc2c(c1)O[C@H](CN(C)Cc1ccncc1)[C@@H](C)CN([C@H](C)CO)S2(=O)=O. The van der Waals surface area contributed by atoms with Gasteiger partial charge in [-0.3, -0.25) is 9.88 Å². The Morgan fingerprint density at radius 1 is 1.23 bits per heavy atom. The molecule has 7 nitrogen and oxygen atoms in total. The molecule has 0 unspecified atom stereocenters. The van der Waals surface area contributed by atoms with Crippen molar-refractivity contribution in [1.82, 2.24) is 14.2 Å². The van der Waals surface area contributed by atoms with Crippen LogP contribution in [-0.4, -0.2) is 66.6 Å². The van der Waals surface area contributed by atoms with Gasteiger partial charge in [0.25, 0.3) is 0 Å². The number of ether oxygens (including phenoxy) is 1. The van der Waals surface area contributed by atoms with Crippen LogP contribution in [0.15, 0.2) is 47.6 Å². The highest BCUT2D eigenvalue weighted by Crippen LogP contribution is 2.34. The molecular formula is C27H37N3O4S. The Balaban J connectivity index is 1.97. The first-order valence-electron chi connectivity index (χ1n) is 12.1. The fourth-order valence-corrected chi connectivity index (χ4v) is 5.88. The summed E-state index contributed by atoms with van der Waals surface area (Å²) in [6, 6.07) is 8.45. The second-order valence-electron chi connectivity index (χ2n) is 9.85. The third-order valence-corrected chi connectivity index (χ3v) is 8.12. The van der Waals surface area contributed by atoms with Crippen LogP contribution >= 0.6 is 0 Å². The van der Waals surface area contributed by atoms with Crippen LogP contribution in [0, 0.1) is 23.7 Å². The van der Waals surface area contributed by atoms with Gasteiger partial charge in [0.05, 0.1) is 6.61 Å². The molecule has 1 aliphatic heterocycles. The molecule has 0 aliphatic carbocycles. The fraction of sp³-hybridized carbons (Fsp3) is 0.519.